The maximum Gasteiger partial charge on any atom is 0.239 e. The van der Waals surface area contributed by atoms with Gasteiger partial charge in [-0.3, -0.25) is 9.59 Å². The van der Waals surface area contributed by atoms with Crippen LogP contribution in [0.5, 0.6) is 5.75 Å². The Balaban J connectivity index is 1.53. The fraction of sp³-hybridized carbons (Fsp3) is 0.312. The second-order valence-electron chi connectivity index (χ2n) is 11.0. The molecule has 0 bridgehead atoms. The predicted octanol–water partition coefficient (Wildman–Crippen LogP) is 6.32. The number of carbonyl (C=O) groups is 2. The highest BCUT2D eigenvalue weighted by Crippen LogP contribution is 2.49. The van der Waals surface area contributed by atoms with Crippen LogP contribution in [0.3, 0.4) is 0 Å². The lowest BCUT2D eigenvalue weighted by molar-refractivity contribution is -0.120. The number of rotatable bonds is 7. The quantitative estimate of drug-likeness (QED) is 0.365. The van der Waals surface area contributed by atoms with Gasteiger partial charge in [0.1, 0.15) is 5.75 Å². The van der Waals surface area contributed by atoms with Crippen LogP contribution in [0.4, 0.5) is 11.4 Å². The number of benzene rings is 3. The van der Waals surface area contributed by atoms with Gasteiger partial charge in [-0.1, -0.05) is 67.9 Å². The summed E-state index contributed by atoms with van der Waals surface area (Å²) in [4.78, 5) is 29.3. The first kappa shape index (κ1) is 26.8. The van der Waals surface area contributed by atoms with Crippen molar-refractivity contribution in [3.63, 3.8) is 0 Å². The Morgan fingerprint density at radius 1 is 1.05 bits per heavy atom. The molecule has 202 valence electrons. The summed E-state index contributed by atoms with van der Waals surface area (Å²) in [7, 11) is 1.64. The van der Waals surface area contributed by atoms with E-state index in [4.69, 9.17) is 16.3 Å². The summed E-state index contributed by atoms with van der Waals surface area (Å²) in [5, 5.41) is 7.35. The van der Waals surface area contributed by atoms with Gasteiger partial charge in [-0.2, -0.15) is 0 Å². The summed E-state index contributed by atoms with van der Waals surface area (Å²) in [5.41, 5.74) is 5.13. The molecule has 39 heavy (non-hydrogen) atoms. The number of ketones is 1. The maximum absolute atomic E-state index is 13.8. The van der Waals surface area contributed by atoms with E-state index in [0.717, 1.165) is 34.6 Å². The molecular formula is C32H34ClN3O3. The molecular weight excluding hydrogens is 510 g/mol. The minimum atomic E-state index is -0.488. The number of hydrogen-bond acceptors (Lipinski definition) is 5. The summed E-state index contributed by atoms with van der Waals surface area (Å²) in [5.74, 6) is 0.649. The summed E-state index contributed by atoms with van der Waals surface area (Å²) < 4.78 is 5.77. The smallest absolute Gasteiger partial charge is 0.239 e. The van der Waals surface area contributed by atoms with Gasteiger partial charge in [0.25, 0.3) is 0 Å². The normalized spacial score (nSPS) is 18.0. The third-order valence-electron chi connectivity index (χ3n) is 7.40. The number of para-hydroxylation sites is 3. The summed E-state index contributed by atoms with van der Waals surface area (Å²) in [6, 6.07) is 22.8. The van der Waals surface area contributed by atoms with Gasteiger partial charge in [-0.05, 0) is 54.2 Å². The van der Waals surface area contributed by atoms with E-state index in [1.54, 1.807) is 7.11 Å². The van der Waals surface area contributed by atoms with Gasteiger partial charge in [0, 0.05) is 34.8 Å². The highest BCUT2D eigenvalue weighted by Gasteiger charge is 2.42. The number of nitrogens with one attached hydrogen (secondary N) is 2. The van der Waals surface area contributed by atoms with Gasteiger partial charge in [0.05, 0.1) is 31.1 Å². The Bertz CT molecular complexity index is 1410. The maximum atomic E-state index is 13.8. The first-order valence-corrected chi connectivity index (χ1v) is 13.7. The van der Waals surface area contributed by atoms with E-state index in [9.17, 15) is 9.59 Å². The average molecular weight is 544 g/mol. The third-order valence-corrected chi connectivity index (χ3v) is 7.65. The lowest BCUT2D eigenvalue weighted by atomic mass is 9.73. The van der Waals surface area contributed by atoms with E-state index in [0.29, 0.717) is 35.7 Å². The van der Waals surface area contributed by atoms with Crippen molar-refractivity contribution in [1.82, 2.24) is 5.32 Å². The zero-order valence-electron chi connectivity index (χ0n) is 22.6. The van der Waals surface area contributed by atoms with Crippen molar-refractivity contribution >= 4 is 34.7 Å². The largest absolute Gasteiger partial charge is 0.496 e. The van der Waals surface area contributed by atoms with Crippen molar-refractivity contribution in [3.8, 4) is 5.75 Å². The monoisotopic (exact) mass is 543 g/mol. The van der Waals surface area contributed by atoms with Gasteiger partial charge in [0.15, 0.2) is 5.78 Å². The zero-order valence-corrected chi connectivity index (χ0v) is 23.3. The van der Waals surface area contributed by atoms with E-state index in [2.05, 4.69) is 24.5 Å². The molecule has 1 aliphatic carbocycles. The van der Waals surface area contributed by atoms with Gasteiger partial charge in [-0.15, -0.1) is 0 Å². The first-order chi connectivity index (χ1) is 18.8. The zero-order chi connectivity index (χ0) is 27.6. The average Bonchev–Trinajstić information content (AvgIpc) is 3.03. The van der Waals surface area contributed by atoms with Gasteiger partial charge < -0.3 is 20.3 Å². The molecule has 2 N–H and O–H groups in total. The van der Waals surface area contributed by atoms with Crippen LogP contribution in [0.15, 0.2) is 84.1 Å². The minimum absolute atomic E-state index is 0.0788. The molecule has 2 aliphatic rings. The number of Topliss-reactive ketones (excluding diaryl/α,β-unsaturated/α-hetero) is 1. The highest BCUT2D eigenvalue weighted by molar-refractivity contribution is 6.30. The van der Waals surface area contributed by atoms with Gasteiger partial charge in [0.2, 0.25) is 5.91 Å². The molecule has 1 atom stereocenters. The SMILES string of the molecule is COc1ccccc1C1C2=C(CC(C)(C)CC2=O)Nc2ccccc2N1CC(=O)NCCc1ccc(Cl)cc1. The second kappa shape index (κ2) is 11.1. The summed E-state index contributed by atoms with van der Waals surface area (Å²) in [6.07, 6.45) is 1.87. The van der Waals surface area contributed by atoms with Gasteiger partial charge >= 0.3 is 0 Å². The van der Waals surface area contributed by atoms with Crippen molar-refractivity contribution in [1.29, 1.82) is 0 Å². The molecule has 5 rings (SSSR count). The Hall–Kier alpha value is -3.77. The van der Waals surface area contributed by atoms with E-state index in [1.165, 1.54) is 0 Å². The lowest BCUT2D eigenvalue weighted by Gasteiger charge is -2.38. The molecule has 1 amide bonds. The van der Waals surface area contributed by atoms with E-state index >= 15 is 0 Å². The number of anilines is 2. The minimum Gasteiger partial charge on any atom is -0.496 e. The van der Waals surface area contributed by atoms with Crippen LogP contribution >= 0.6 is 11.6 Å². The number of halogens is 1. The highest BCUT2D eigenvalue weighted by atomic mass is 35.5. The Morgan fingerprint density at radius 3 is 2.54 bits per heavy atom. The molecule has 0 radical (unpaired) electrons. The summed E-state index contributed by atoms with van der Waals surface area (Å²) >= 11 is 6.00. The number of amides is 1. The Morgan fingerprint density at radius 2 is 1.77 bits per heavy atom. The molecule has 0 saturated heterocycles. The Kier molecular flexibility index (Phi) is 7.67. The molecule has 7 heteroatoms. The molecule has 3 aromatic rings. The Labute approximate surface area is 235 Å². The molecule has 1 heterocycles. The van der Waals surface area contributed by atoms with E-state index < -0.39 is 6.04 Å². The molecule has 1 aliphatic heterocycles. The summed E-state index contributed by atoms with van der Waals surface area (Å²) in [6.45, 7) is 4.82. The number of carbonyl (C=O) groups excluding carboxylic acids is 2. The van der Waals surface area contributed by atoms with Crippen molar-refractivity contribution in [2.75, 3.05) is 30.4 Å². The van der Waals surface area contributed by atoms with E-state index in [-0.39, 0.29) is 23.7 Å². The van der Waals surface area contributed by atoms with Crippen molar-refractivity contribution in [2.24, 2.45) is 5.41 Å². The second-order valence-corrected chi connectivity index (χ2v) is 11.4. The number of fused-ring (bicyclic) bond motifs is 1. The molecule has 0 fully saturated rings. The third kappa shape index (κ3) is 5.81. The van der Waals surface area contributed by atoms with Crippen LogP contribution < -0.4 is 20.3 Å². The van der Waals surface area contributed by atoms with Gasteiger partial charge in [-0.25, -0.2) is 0 Å². The first-order valence-electron chi connectivity index (χ1n) is 13.3. The number of hydrogen-bond donors (Lipinski definition) is 2. The van der Waals surface area contributed by atoms with Crippen molar-refractivity contribution < 1.29 is 14.3 Å². The lowest BCUT2D eigenvalue weighted by Crippen LogP contribution is -2.42. The fourth-order valence-electron chi connectivity index (χ4n) is 5.65. The van der Waals surface area contributed by atoms with Crippen LogP contribution in [0.1, 0.15) is 43.9 Å². The van der Waals surface area contributed by atoms with E-state index in [1.807, 2.05) is 77.7 Å². The fourth-order valence-corrected chi connectivity index (χ4v) is 5.78. The molecule has 3 aromatic carbocycles. The molecule has 6 nitrogen and oxygen atoms in total. The molecule has 0 aromatic heterocycles. The van der Waals surface area contributed by atoms with Crippen LogP contribution in [-0.4, -0.2) is 31.9 Å². The van der Waals surface area contributed by atoms with Crippen LogP contribution in [0.2, 0.25) is 5.02 Å². The number of nitrogens with zero attached hydrogens (tertiary/aromatic N) is 1. The van der Waals surface area contributed by atoms with Crippen LogP contribution in [-0.2, 0) is 16.0 Å². The van der Waals surface area contributed by atoms with Crippen molar-refractivity contribution in [2.45, 2.75) is 39.2 Å². The topological polar surface area (TPSA) is 70.7 Å². The molecule has 0 spiro atoms. The van der Waals surface area contributed by atoms with Crippen LogP contribution in [0.25, 0.3) is 0 Å². The van der Waals surface area contributed by atoms with Crippen LogP contribution in [0, 0.1) is 5.41 Å². The predicted molar refractivity (Wildman–Crippen MR) is 156 cm³/mol. The standard InChI is InChI=1S/C32H34ClN3O3/c1-32(2)18-25-30(27(37)19-32)31(23-8-4-7-11-28(23)39-3)36(26-10-6-5-9-24(26)35-25)20-29(38)34-17-16-21-12-14-22(33)15-13-21/h4-15,31,35H,16-20H2,1-3H3,(H,34,38). The molecule has 1 unspecified atom stereocenters. The number of methoxy groups -OCH3 is 1. The number of allylic oxidation sites excluding steroid dienone is 1. The number of ether oxygens (including phenoxy) is 1. The molecule has 0 saturated carbocycles. The van der Waals surface area contributed by atoms with Crippen molar-refractivity contribution in [3.05, 3.63) is 100 Å².